The number of aromatic nitrogens is 1. The molecule has 1 N–H and O–H groups in total. The van der Waals surface area contributed by atoms with E-state index in [0.717, 1.165) is 11.3 Å². The van der Waals surface area contributed by atoms with E-state index in [1.54, 1.807) is 12.3 Å². The molecular weight excluding hydrogens is 288 g/mol. The van der Waals surface area contributed by atoms with Crippen LogP contribution in [0.3, 0.4) is 0 Å². The minimum Gasteiger partial charge on any atom is -0.492 e. The molecule has 5 nitrogen and oxygen atoms in total. The van der Waals surface area contributed by atoms with Crippen LogP contribution in [0.1, 0.15) is 5.56 Å². The summed E-state index contributed by atoms with van der Waals surface area (Å²) >= 11 is 0. The summed E-state index contributed by atoms with van der Waals surface area (Å²) in [5, 5.41) is 2.99. The van der Waals surface area contributed by atoms with E-state index in [-0.39, 0.29) is 4.90 Å². The zero-order valence-electron chi connectivity index (χ0n) is 12.0. The van der Waals surface area contributed by atoms with Crippen LogP contribution in [0, 0.1) is 6.92 Å². The SMILES string of the molecule is Cc1cccc(OCCNc2ncccc2S(C)(=O)=O)c1. The van der Waals surface area contributed by atoms with Gasteiger partial charge in [-0.25, -0.2) is 13.4 Å². The Morgan fingerprint density at radius 2 is 2.05 bits per heavy atom. The van der Waals surface area contributed by atoms with Gasteiger partial charge in [-0.3, -0.25) is 0 Å². The first-order valence-corrected chi connectivity index (χ1v) is 8.44. The summed E-state index contributed by atoms with van der Waals surface area (Å²) in [4.78, 5) is 4.25. The van der Waals surface area contributed by atoms with Gasteiger partial charge in [0.2, 0.25) is 0 Å². The Kier molecular flexibility index (Phi) is 4.80. The lowest BCUT2D eigenvalue weighted by Crippen LogP contribution is -2.14. The predicted octanol–water partition coefficient (Wildman–Crippen LogP) is 2.28. The molecule has 0 atom stereocenters. The topological polar surface area (TPSA) is 68.3 Å². The third-order valence-corrected chi connectivity index (χ3v) is 3.95. The fourth-order valence-electron chi connectivity index (χ4n) is 1.87. The number of hydrogen-bond donors (Lipinski definition) is 1. The van der Waals surface area contributed by atoms with E-state index in [4.69, 9.17) is 4.74 Å². The fraction of sp³-hybridized carbons (Fsp3) is 0.267. The van der Waals surface area contributed by atoms with E-state index in [2.05, 4.69) is 10.3 Å². The molecule has 0 aliphatic carbocycles. The Hall–Kier alpha value is -2.08. The van der Waals surface area contributed by atoms with Crippen molar-refractivity contribution in [3.63, 3.8) is 0 Å². The molecule has 0 aliphatic rings. The molecule has 0 bridgehead atoms. The third kappa shape index (κ3) is 4.46. The molecule has 112 valence electrons. The van der Waals surface area contributed by atoms with Crippen molar-refractivity contribution < 1.29 is 13.2 Å². The summed E-state index contributed by atoms with van der Waals surface area (Å²) in [5.74, 6) is 1.15. The number of nitrogens with zero attached hydrogens (tertiary/aromatic N) is 1. The smallest absolute Gasteiger partial charge is 0.179 e. The van der Waals surface area contributed by atoms with Gasteiger partial charge in [0.15, 0.2) is 9.84 Å². The number of hydrogen-bond acceptors (Lipinski definition) is 5. The first kappa shape index (κ1) is 15.3. The largest absolute Gasteiger partial charge is 0.492 e. The summed E-state index contributed by atoms with van der Waals surface area (Å²) in [6.45, 7) is 2.88. The van der Waals surface area contributed by atoms with Gasteiger partial charge in [-0.1, -0.05) is 12.1 Å². The molecule has 6 heteroatoms. The van der Waals surface area contributed by atoms with Crippen LogP contribution >= 0.6 is 0 Å². The second-order valence-corrected chi connectivity index (χ2v) is 6.70. The number of rotatable bonds is 6. The van der Waals surface area contributed by atoms with Crippen LogP contribution in [0.5, 0.6) is 5.75 Å². The first-order chi connectivity index (χ1) is 9.97. The van der Waals surface area contributed by atoms with Crippen molar-refractivity contribution in [3.05, 3.63) is 48.2 Å². The van der Waals surface area contributed by atoms with Crippen molar-refractivity contribution >= 4 is 15.7 Å². The number of aryl methyl sites for hydroxylation is 1. The maximum atomic E-state index is 11.6. The van der Waals surface area contributed by atoms with E-state index in [1.165, 1.54) is 12.3 Å². The van der Waals surface area contributed by atoms with Gasteiger partial charge in [0, 0.05) is 12.5 Å². The maximum absolute atomic E-state index is 11.6. The highest BCUT2D eigenvalue weighted by Crippen LogP contribution is 2.17. The number of pyridine rings is 1. The summed E-state index contributed by atoms with van der Waals surface area (Å²) < 4.78 is 28.9. The standard InChI is InChI=1S/C15H18N2O3S/c1-12-5-3-6-13(11-12)20-10-9-17-15-14(21(2,18)19)7-4-8-16-15/h3-8,11H,9-10H2,1-2H3,(H,16,17). The van der Waals surface area contributed by atoms with Gasteiger partial charge in [-0.15, -0.1) is 0 Å². The summed E-state index contributed by atoms with van der Waals surface area (Å²) in [7, 11) is -3.29. The molecule has 1 heterocycles. The van der Waals surface area contributed by atoms with Crippen LogP contribution in [0.4, 0.5) is 5.82 Å². The Balaban J connectivity index is 1.93. The molecule has 1 aromatic heterocycles. The van der Waals surface area contributed by atoms with Crippen molar-refractivity contribution in [2.45, 2.75) is 11.8 Å². The minimum atomic E-state index is -3.29. The van der Waals surface area contributed by atoms with Gasteiger partial charge < -0.3 is 10.1 Å². The lowest BCUT2D eigenvalue weighted by molar-refractivity contribution is 0.332. The van der Waals surface area contributed by atoms with Gasteiger partial charge in [-0.05, 0) is 36.8 Å². The Bertz CT molecular complexity index is 714. The quantitative estimate of drug-likeness (QED) is 0.829. The lowest BCUT2D eigenvalue weighted by Gasteiger charge is -2.10. The second kappa shape index (κ2) is 6.58. The molecule has 0 amide bonds. The van der Waals surface area contributed by atoms with Crippen LogP contribution in [0.2, 0.25) is 0 Å². The predicted molar refractivity (Wildman–Crippen MR) is 82.5 cm³/mol. The third-order valence-electron chi connectivity index (χ3n) is 2.82. The molecule has 2 aromatic rings. The summed E-state index contributed by atoms with van der Waals surface area (Å²) in [5.41, 5.74) is 1.13. The molecule has 1 aromatic carbocycles. The molecule has 0 fully saturated rings. The van der Waals surface area contributed by atoms with E-state index in [0.29, 0.717) is 19.0 Å². The molecular formula is C15H18N2O3S. The molecule has 0 unspecified atom stereocenters. The number of sulfone groups is 1. The Morgan fingerprint density at radius 1 is 1.24 bits per heavy atom. The Labute approximate surface area is 124 Å². The van der Waals surface area contributed by atoms with Crippen LogP contribution in [0.15, 0.2) is 47.5 Å². The zero-order valence-corrected chi connectivity index (χ0v) is 12.9. The normalized spacial score (nSPS) is 11.1. The number of benzene rings is 1. The van der Waals surface area contributed by atoms with E-state index < -0.39 is 9.84 Å². The van der Waals surface area contributed by atoms with Gasteiger partial charge in [0.1, 0.15) is 23.1 Å². The summed E-state index contributed by atoms with van der Waals surface area (Å²) in [6.07, 6.45) is 2.72. The van der Waals surface area contributed by atoms with Gasteiger partial charge in [0.05, 0.1) is 6.54 Å². The van der Waals surface area contributed by atoms with Crippen molar-refractivity contribution in [3.8, 4) is 5.75 Å². The average Bonchev–Trinajstić information content (AvgIpc) is 2.43. The maximum Gasteiger partial charge on any atom is 0.179 e. The van der Waals surface area contributed by atoms with Crippen molar-refractivity contribution in [2.24, 2.45) is 0 Å². The highest BCUT2D eigenvalue weighted by molar-refractivity contribution is 7.90. The van der Waals surface area contributed by atoms with Crippen LogP contribution in [-0.4, -0.2) is 32.8 Å². The molecule has 0 saturated heterocycles. The fourth-order valence-corrected chi connectivity index (χ4v) is 2.67. The van der Waals surface area contributed by atoms with Gasteiger partial charge in [0.25, 0.3) is 0 Å². The van der Waals surface area contributed by atoms with E-state index in [1.807, 2.05) is 31.2 Å². The van der Waals surface area contributed by atoms with Crippen LogP contribution < -0.4 is 10.1 Å². The van der Waals surface area contributed by atoms with Crippen molar-refractivity contribution in [1.82, 2.24) is 4.98 Å². The van der Waals surface area contributed by atoms with Crippen LogP contribution in [-0.2, 0) is 9.84 Å². The van der Waals surface area contributed by atoms with Gasteiger partial charge in [-0.2, -0.15) is 0 Å². The monoisotopic (exact) mass is 306 g/mol. The molecule has 0 radical (unpaired) electrons. The summed E-state index contributed by atoms with van der Waals surface area (Å²) in [6, 6.07) is 10.9. The highest BCUT2D eigenvalue weighted by Gasteiger charge is 2.13. The zero-order chi connectivity index (χ0) is 15.3. The first-order valence-electron chi connectivity index (χ1n) is 6.55. The Morgan fingerprint density at radius 3 is 2.76 bits per heavy atom. The molecule has 0 aliphatic heterocycles. The van der Waals surface area contributed by atoms with Crippen molar-refractivity contribution in [2.75, 3.05) is 24.7 Å². The molecule has 0 spiro atoms. The molecule has 21 heavy (non-hydrogen) atoms. The minimum absolute atomic E-state index is 0.195. The number of anilines is 1. The molecule has 2 rings (SSSR count). The number of ether oxygens (including phenoxy) is 1. The van der Waals surface area contributed by atoms with Crippen LogP contribution in [0.25, 0.3) is 0 Å². The molecule has 0 saturated carbocycles. The lowest BCUT2D eigenvalue weighted by atomic mass is 10.2. The van der Waals surface area contributed by atoms with E-state index in [9.17, 15) is 8.42 Å². The average molecular weight is 306 g/mol. The highest BCUT2D eigenvalue weighted by atomic mass is 32.2. The van der Waals surface area contributed by atoms with Crippen molar-refractivity contribution in [1.29, 1.82) is 0 Å². The number of nitrogens with one attached hydrogen (secondary N) is 1. The van der Waals surface area contributed by atoms with E-state index >= 15 is 0 Å². The van der Waals surface area contributed by atoms with Gasteiger partial charge >= 0.3 is 0 Å². The second-order valence-electron chi connectivity index (χ2n) is 4.71.